The Hall–Kier alpha value is 1.02. The molecule has 13 heavy (non-hydrogen) atoms. The predicted octanol–water partition coefficient (Wildman–Crippen LogP) is 1.75. The van der Waals surface area contributed by atoms with Crippen molar-refractivity contribution < 1.29 is 47.1 Å². The summed E-state index contributed by atoms with van der Waals surface area (Å²) in [5, 5.41) is 15.5. The summed E-state index contributed by atoms with van der Waals surface area (Å²) in [6, 6.07) is 0. The maximum atomic E-state index is 9.44. The van der Waals surface area contributed by atoms with Gasteiger partial charge in [-0.25, -0.2) is 9.59 Å². The van der Waals surface area contributed by atoms with Crippen LogP contribution in [0.2, 0.25) is 0 Å². The molecule has 0 rings (SSSR count). The minimum Gasteiger partial charge on any atom is -0.479 e. The zero-order valence-electron chi connectivity index (χ0n) is 6.08. The quantitative estimate of drug-likeness (QED) is 0.574. The molecule has 4 nitrogen and oxygen atoms in total. The van der Waals surface area contributed by atoms with Crippen LogP contribution in [0, 0.1) is 0 Å². The minimum absolute atomic E-state index is 0. The first kappa shape index (κ1) is 19.6. The molecule has 74 valence electrons. The Bertz CT molecular complexity index is 144. The van der Waals surface area contributed by atoms with Crippen molar-refractivity contribution in [3.8, 4) is 0 Å². The fraction of sp³-hybridized carbons (Fsp3) is 0.500. The second-order valence-electron chi connectivity index (χ2n) is 1.28. The van der Waals surface area contributed by atoms with Crippen molar-refractivity contribution in [2.24, 2.45) is 0 Å². The van der Waals surface area contributed by atoms with Crippen LogP contribution < -0.4 is 0 Å². The van der Waals surface area contributed by atoms with Crippen molar-refractivity contribution in [3.63, 3.8) is 0 Å². The second-order valence-corrected chi connectivity index (χ2v) is 3.47. The van der Waals surface area contributed by atoms with Crippen LogP contribution in [0.25, 0.3) is 0 Å². The van der Waals surface area contributed by atoms with Crippen molar-refractivity contribution >= 4 is 58.3 Å². The number of alkyl halides is 4. The molecule has 0 aliphatic heterocycles. The van der Waals surface area contributed by atoms with Crippen molar-refractivity contribution in [1.82, 2.24) is 0 Å². The third-order valence-electron chi connectivity index (χ3n) is 0.373. The second kappa shape index (κ2) is 11.1. The predicted molar refractivity (Wildman–Crippen MR) is 46.3 cm³/mol. The van der Waals surface area contributed by atoms with Gasteiger partial charge in [0.2, 0.25) is 9.67 Å². The number of rotatable bonds is 2. The Morgan fingerprint density at radius 3 is 0.923 bits per heavy atom. The van der Waals surface area contributed by atoms with Crippen molar-refractivity contribution in [3.05, 3.63) is 0 Å². The molecule has 9 heteroatoms. The molecule has 0 aliphatic rings. The average Bonchev–Trinajstić information content (AvgIpc) is 1.88. The van der Waals surface area contributed by atoms with E-state index in [2.05, 4.69) is 0 Å². The Kier molecular flexibility index (Phi) is 16.7. The molecule has 0 saturated carbocycles. The molecule has 0 unspecified atom stereocenters. The van der Waals surface area contributed by atoms with Gasteiger partial charge in [-0.15, -0.1) is 0 Å². The zero-order valence-corrected chi connectivity index (χ0v) is 13.1. The van der Waals surface area contributed by atoms with Gasteiger partial charge >= 0.3 is 11.9 Å². The van der Waals surface area contributed by atoms with Crippen LogP contribution in [-0.2, 0) is 36.9 Å². The first-order valence-electron chi connectivity index (χ1n) is 2.31. The molecule has 0 atom stereocenters. The molecule has 0 aliphatic carbocycles. The summed E-state index contributed by atoms with van der Waals surface area (Å²) in [5.41, 5.74) is 0. The maximum Gasteiger partial charge on any atom is 0.337 e. The first-order valence-corrected chi connectivity index (χ1v) is 4.05. The molecule has 0 radical (unpaired) electrons. The summed E-state index contributed by atoms with van der Waals surface area (Å²) in [7, 11) is 0. The van der Waals surface area contributed by atoms with Gasteiger partial charge in [-0.2, -0.15) is 0 Å². The summed E-state index contributed by atoms with van der Waals surface area (Å²) in [6.45, 7) is 0. The molecule has 0 aromatic carbocycles. The van der Waals surface area contributed by atoms with Crippen LogP contribution in [0.4, 0.5) is 0 Å². The summed E-state index contributed by atoms with van der Waals surface area (Å²) in [5.74, 6) is -2.42. The average molecular weight is 370 g/mol. The number of aliphatic carboxylic acids is 2. The molecule has 2 N–H and O–H groups in total. The number of hydrogen-bond acceptors (Lipinski definition) is 2. The fourth-order valence-corrected chi connectivity index (χ4v) is 0. The van der Waals surface area contributed by atoms with E-state index in [0.29, 0.717) is 0 Å². The molecule has 0 fully saturated rings. The van der Waals surface area contributed by atoms with Gasteiger partial charge in [0, 0.05) is 27.3 Å². The van der Waals surface area contributed by atoms with E-state index in [-0.39, 0.29) is 27.3 Å². The van der Waals surface area contributed by atoms with Crippen LogP contribution in [-0.4, -0.2) is 31.8 Å². The van der Waals surface area contributed by atoms with Gasteiger partial charge in [0.15, 0.2) is 0 Å². The van der Waals surface area contributed by atoms with Crippen molar-refractivity contribution in [1.29, 1.82) is 0 Å². The number of carboxylic acids is 2. The number of halogens is 4. The van der Waals surface area contributed by atoms with E-state index in [0.717, 1.165) is 0 Å². The van der Waals surface area contributed by atoms with Crippen LogP contribution in [0.1, 0.15) is 0 Å². The minimum atomic E-state index is -1.29. The number of carboxylic acid groups (broad SMARTS) is 2. The largest absolute Gasteiger partial charge is 0.479 e. The van der Waals surface area contributed by atoms with E-state index < -0.39 is 21.6 Å². The van der Waals surface area contributed by atoms with E-state index in [9.17, 15) is 9.59 Å². The molecule has 0 saturated heterocycles. The summed E-state index contributed by atoms with van der Waals surface area (Å²) in [6.07, 6.45) is 0. The maximum absolute atomic E-state index is 9.44. The molecule has 0 heterocycles. The van der Waals surface area contributed by atoms with Crippen LogP contribution in [0.5, 0.6) is 0 Å². The Balaban J connectivity index is -0.000000143. The zero-order chi connectivity index (χ0) is 10.3. The molecule has 0 aromatic rings. The third kappa shape index (κ3) is 19.4. The molecule has 0 spiro atoms. The molecule has 0 amide bonds. The summed E-state index contributed by atoms with van der Waals surface area (Å²) in [4.78, 5) is 16.3. The van der Waals surface area contributed by atoms with Crippen molar-refractivity contribution in [2.75, 3.05) is 0 Å². The Morgan fingerprint density at radius 1 is 0.846 bits per heavy atom. The molecule has 0 aromatic heterocycles. The molecular weight excluding hydrogens is 366 g/mol. The van der Waals surface area contributed by atoms with Gasteiger partial charge in [-0.3, -0.25) is 0 Å². The van der Waals surface area contributed by atoms with Gasteiger partial charge in [0.25, 0.3) is 0 Å². The van der Waals surface area contributed by atoms with E-state index in [4.69, 9.17) is 56.6 Å². The Morgan fingerprint density at radius 2 is 0.923 bits per heavy atom. The first-order chi connectivity index (χ1) is 5.29. The Labute approximate surface area is 114 Å². The van der Waals surface area contributed by atoms with Crippen LogP contribution in [0.15, 0.2) is 0 Å². The normalized spacial score (nSPS) is 8.46. The van der Waals surface area contributed by atoms with Gasteiger partial charge in [-0.1, -0.05) is 46.4 Å². The van der Waals surface area contributed by atoms with Crippen LogP contribution >= 0.6 is 46.4 Å². The fourth-order valence-electron chi connectivity index (χ4n) is 0. The monoisotopic (exact) mass is 370 g/mol. The topological polar surface area (TPSA) is 74.6 Å². The van der Waals surface area contributed by atoms with Gasteiger partial charge in [0.05, 0.1) is 0 Å². The number of hydrogen-bond donors (Lipinski definition) is 2. The van der Waals surface area contributed by atoms with Gasteiger partial charge in [0.1, 0.15) is 0 Å². The van der Waals surface area contributed by atoms with E-state index in [1.165, 1.54) is 0 Å². The smallest absolute Gasteiger partial charge is 0.337 e. The number of carbonyl (C=O) groups is 2. The van der Waals surface area contributed by atoms with Gasteiger partial charge < -0.3 is 10.2 Å². The van der Waals surface area contributed by atoms with E-state index >= 15 is 0 Å². The third-order valence-corrected chi connectivity index (χ3v) is 1.12. The van der Waals surface area contributed by atoms with Crippen molar-refractivity contribution in [2.45, 2.75) is 9.67 Å². The van der Waals surface area contributed by atoms with Crippen LogP contribution in [0.3, 0.4) is 0 Å². The SMILES string of the molecule is O=C(O)C(Cl)Cl.O=C(O)C(Cl)Cl.[Cd]. The summed E-state index contributed by atoms with van der Waals surface area (Å²) >= 11 is 19.1. The van der Waals surface area contributed by atoms with Gasteiger partial charge in [-0.05, 0) is 0 Å². The van der Waals surface area contributed by atoms with E-state index in [1.807, 2.05) is 0 Å². The summed E-state index contributed by atoms with van der Waals surface area (Å²) < 4.78 is 0. The standard InChI is InChI=1S/2C2H2Cl2O2.Cd/c2*3-1(4)2(5)6;/h2*1H,(H,5,6);. The molecule has 0 bridgehead atoms. The van der Waals surface area contributed by atoms with E-state index in [1.54, 1.807) is 0 Å². The molecular formula is C4H4CdCl4O4.